The van der Waals surface area contributed by atoms with Crippen LogP contribution in [0.4, 0.5) is 0 Å². The van der Waals surface area contributed by atoms with E-state index in [1.165, 1.54) is 44.1 Å². The number of rotatable bonds is 6. The molecule has 1 heteroatoms. The predicted octanol–water partition coefficient (Wildman–Crippen LogP) is 4.21. The molecular weight excluding hydrogens is 196 g/mol. The topological polar surface area (TPSA) is 9.23 Å². The van der Waals surface area contributed by atoms with Crippen molar-refractivity contribution in [2.45, 2.75) is 45.4 Å². The highest BCUT2D eigenvalue weighted by atomic mass is 16.5. The second kappa shape index (κ2) is 5.93. The van der Waals surface area contributed by atoms with Gasteiger partial charge in [0.1, 0.15) is 5.75 Å². The summed E-state index contributed by atoms with van der Waals surface area (Å²) in [5.41, 5.74) is 1.41. The van der Waals surface area contributed by atoms with E-state index >= 15 is 0 Å². The van der Waals surface area contributed by atoms with Gasteiger partial charge in [0.05, 0.1) is 6.61 Å². The van der Waals surface area contributed by atoms with Gasteiger partial charge in [0.2, 0.25) is 0 Å². The third kappa shape index (κ3) is 3.26. The first kappa shape index (κ1) is 11.5. The molecule has 1 aliphatic rings. The molecule has 88 valence electrons. The third-order valence-corrected chi connectivity index (χ3v) is 3.43. The Morgan fingerprint density at radius 1 is 1.31 bits per heavy atom. The van der Waals surface area contributed by atoms with E-state index in [-0.39, 0.29) is 0 Å². The SMILES string of the molecule is CCCCc1cccc(OCC2CCC2)c1. The van der Waals surface area contributed by atoms with Crippen LogP contribution in [0.5, 0.6) is 5.75 Å². The Bertz CT molecular complexity index is 315. The minimum atomic E-state index is 0.819. The third-order valence-electron chi connectivity index (χ3n) is 3.43. The lowest BCUT2D eigenvalue weighted by atomic mass is 9.86. The summed E-state index contributed by atoms with van der Waals surface area (Å²) in [7, 11) is 0. The molecule has 1 saturated carbocycles. The molecule has 0 heterocycles. The van der Waals surface area contributed by atoms with Gasteiger partial charge >= 0.3 is 0 Å². The Labute approximate surface area is 98.8 Å². The fourth-order valence-corrected chi connectivity index (χ4v) is 2.05. The zero-order valence-electron chi connectivity index (χ0n) is 10.2. The molecule has 0 bridgehead atoms. The van der Waals surface area contributed by atoms with Crippen molar-refractivity contribution in [1.29, 1.82) is 0 Å². The van der Waals surface area contributed by atoms with Gasteiger partial charge < -0.3 is 4.74 Å². The molecule has 0 atom stereocenters. The Kier molecular flexibility index (Phi) is 4.26. The Balaban J connectivity index is 1.82. The lowest BCUT2D eigenvalue weighted by molar-refractivity contribution is 0.180. The highest BCUT2D eigenvalue weighted by molar-refractivity contribution is 5.28. The zero-order chi connectivity index (χ0) is 11.2. The van der Waals surface area contributed by atoms with Crippen LogP contribution in [-0.2, 0) is 6.42 Å². The fourth-order valence-electron chi connectivity index (χ4n) is 2.05. The molecule has 0 aliphatic heterocycles. The smallest absolute Gasteiger partial charge is 0.119 e. The Hall–Kier alpha value is -0.980. The minimum Gasteiger partial charge on any atom is -0.493 e. The lowest BCUT2D eigenvalue weighted by Crippen LogP contribution is -2.19. The highest BCUT2D eigenvalue weighted by Gasteiger charge is 2.17. The number of unbranched alkanes of at least 4 members (excludes halogenated alkanes) is 1. The largest absolute Gasteiger partial charge is 0.493 e. The van der Waals surface area contributed by atoms with Crippen molar-refractivity contribution in [3.05, 3.63) is 29.8 Å². The molecule has 1 nitrogen and oxygen atoms in total. The van der Waals surface area contributed by atoms with Crippen LogP contribution in [0.3, 0.4) is 0 Å². The summed E-state index contributed by atoms with van der Waals surface area (Å²) in [4.78, 5) is 0. The van der Waals surface area contributed by atoms with E-state index < -0.39 is 0 Å². The van der Waals surface area contributed by atoms with E-state index in [4.69, 9.17) is 4.74 Å². The van der Waals surface area contributed by atoms with Crippen LogP contribution in [0.1, 0.15) is 44.6 Å². The summed E-state index contributed by atoms with van der Waals surface area (Å²) in [6.07, 6.45) is 7.81. The molecule has 16 heavy (non-hydrogen) atoms. The molecule has 0 spiro atoms. The van der Waals surface area contributed by atoms with E-state index in [0.29, 0.717) is 0 Å². The monoisotopic (exact) mass is 218 g/mol. The van der Waals surface area contributed by atoms with E-state index in [9.17, 15) is 0 Å². The van der Waals surface area contributed by atoms with Gasteiger partial charge in [-0.05, 0) is 49.3 Å². The zero-order valence-corrected chi connectivity index (χ0v) is 10.2. The number of hydrogen-bond acceptors (Lipinski definition) is 1. The second-order valence-electron chi connectivity index (χ2n) is 4.86. The molecule has 1 aromatic carbocycles. The van der Waals surface area contributed by atoms with Crippen molar-refractivity contribution in [3.8, 4) is 5.75 Å². The van der Waals surface area contributed by atoms with Crippen LogP contribution in [0.25, 0.3) is 0 Å². The molecule has 2 rings (SSSR count). The number of aryl methyl sites for hydroxylation is 1. The Morgan fingerprint density at radius 2 is 2.19 bits per heavy atom. The molecule has 0 radical (unpaired) electrons. The summed E-state index contributed by atoms with van der Waals surface area (Å²) in [5.74, 6) is 1.87. The molecule has 0 N–H and O–H groups in total. The van der Waals surface area contributed by atoms with Crippen LogP contribution in [0, 0.1) is 5.92 Å². The maximum Gasteiger partial charge on any atom is 0.119 e. The molecular formula is C15H22O. The molecule has 1 aliphatic carbocycles. The first-order valence-electron chi connectivity index (χ1n) is 6.60. The maximum absolute atomic E-state index is 5.83. The Morgan fingerprint density at radius 3 is 2.88 bits per heavy atom. The van der Waals surface area contributed by atoms with E-state index in [1.807, 2.05) is 0 Å². The van der Waals surface area contributed by atoms with Crippen LogP contribution in [-0.4, -0.2) is 6.61 Å². The minimum absolute atomic E-state index is 0.819. The highest BCUT2D eigenvalue weighted by Crippen LogP contribution is 2.27. The average molecular weight is 218 g/mol. The van der Waals surface area contributed by atoms with Crippen molar-refractivity contribution in [2.75, 3.05) is 6.61 Å². The van der Waals surface area contributed by atoms with E-state index in [0.717, 1.165) is 18.3 Å². The van der Waals surface area contributed by atoms with Crippen molar-refractivity contribution >= 4 is 0 Å². The summed E-state index contributed by atoms with van der Waals surface area (Å²) in [5, 5.41) is 0. The van der Waals surface area contributed by atoms with Gasteiger partial charge in [0.25, 0.3) is 0 Å². The molecule has 0 amide bonds. The van der Waals surface area contributed by atoms with Crippen molar-refractivity contribution in [3.63, 3.8) is 0 Å². The van der Waals surface area contributed by atoms with Crippen molar-refractivity contribution < 1.29 is 4.74 Å². The standard InChI is InChI=1S/C15H22O/c1-2-3-6-13-7-5-10-15(11-13)16-12-14-8-4-9-14/h5,7,10-11,14H,2-4,6,8-9,12H2,1H3. The van der Waals surface area contributed by atoms with E-state index in [2.05, 4.69) is 31.2 Å². The van der Waals surface area contributed by atoms with Gasteiger partial charge in [-0.2, -0.15) is 0 Å². The average Bonchev–Trinajstić information content (AvgIpc) is 2.25. The van der Waals surface area contributed by atoms with Crippen LogP contribution < -0.4 is 4.74 Å². The summed E-state index contributed by atoms with van der Waals surface area (Å²) in [6, 6.07) is 8.59. The van der Waals surface area contributed by atoms with Gasteiger partial charge in [-0.15, -0.1) is 0 Å². The van der Waals surface area contributed by atoms with Gasteiger partial charge in [0.15, 0.2) is 0 Å². The van der Waals surface area contributed by atoms with Crippen LogP contribution in [0.15, 0.2) is 24.3 Å². The van der Waals surface area contributed by atoms with Crippen molar-refractivity contribution in [1.82, 2.24) is 0 Å². The van der Waals surface area contributed by atoms with Crippen LogP contribution >= 0.6 is 0 Å². The van der Waals surface area contributed by atoms with Gasteiger partial charge in [-0.1, -0.05) is 31.9 Å². The normalized spacial score (nSPS) is 15.8. The van der Waals surface area contributed by atoms with Gasteiger partial charge in [-0.3, -0.25) is 0 Å². The number of benzene rings is 1. The number of ether oxygens (including phenoxy) is 1. The first-order chi connectivity index (χ1) is 7.88. The molecule has 0 unspecified atom stereocenters. The number of hydrogen-bond donors (Lipinski definition) is 0. The van der Waals surface area contributed by atoms with Crippen LogP contribution in [0.2, 0.25) is 0 Å². The lowest BCUT2D eigenvalue weighted by Gasteiger charge is -2.25. The predicted molar refractivity (Wildman–Crippen MR) is 67.9 cm³/mol. The summed E-state index contributed by atoms with van der Waals surface area (Å²) < 4.78 is 5.83. The molecule has 1 aromatic rings. The summed E-state index contributed by atoms with van der Waals surface area (Å²) >= 11 is 0. The summed E-state index contributed by atoms with van der Waals surface area (Å²) in [6.45, 7) is 3.15. The van der Waals surface area contributed by atoms with Gasteiger partial charge in [0, 0.05) is 0 Å². The first-order valence-corrected chi connectivity index (χ1v) is 6.60. The quantitative estimate of drug-likeness (QED) is 0.695. The second-order valence-corrected chi connectivity index (χ2v) is 4.86. The van der Waals surface area contributed by atoms with Crippen molar-refractivity contribution in [2.24, 2.45) is 5.92 Å². The maximum atomic E-state index is 5.83. The molecule has 0 saturated heterocycles. The van der Waals surface area contributed by atoms with Gasteiger partial charge in [-0.25, -0.2) is 0 Å². The fraction of sp³-hybridized carbons (Fsp3) is 0.600. The molecule has 0 aromatic heterocycles. The molecule has 1 fully saturated rings. The van der Waals surface area contributed by atoms with E-state index in [1.54, 1.807) is 0 Å².